The fourth-order valence-electron chi connectivity index (χ4n) is 2.53. The summed E-state index contributed by atoms with van der Waals surface area (Å²) in [5.74, 6) is 1.76. The molecule has 2 aliphatic rings. The van der Waals surface area contributed by atoms with Crippen LogP contribution in [0.3, 0.4) is 0 Å². The van der Waals surface area contributed by atoms with Gasteiger partial charge < -0.3 is 20.1 Å². The summed E-state index contributed by atoms with van der Waals surface area (Å²) >= 11 is 0. The molecule has 0 radical (unpaired) electrons. The zero-order valence-electron chi connectivity index (χ0n) is 13.2. The third-order valence-electron chi connectivity index (χ3n) is 3.99. The molecule has 0 spiro atoms. The average molecular weight is 303 g/mol. The lowest BCUT2D eigenvalue weighted by molar-refractivity contribution is 0.113. The third kappa shape index (κ3) is 4.63. The molecule has 1 saturated carbocycles. The normalized spacial score (nSPS) is 21.7. The van der Waals surface area contributed by atoms with Gasteiger partial charge in [-0.2, -0.15) is 0 Å². The van der Waals surface area contributed by atoms with Gasteiger partial charge in [0.1, 0.15) is 5.75 Å². The van der Waals surface area contributed by atoms with E-state index in [0.717, 1.165) is 36.8 Å². The smallest absolute Gasteiger partial charge is 0.191 e. The van der Waals surface area contributed by atoms with Gasteiger partial charge in [0.05, 0.1) is 19.8 Å². The summed E-state index contributed by atoms with van der Waals surface area (Å²) in [4.78, 5) is 4.69. The first-order chi connectivity index (χ1) is 10.8. The number of ether oxygens (including phenoxy) is 2. The summed E-state index contributed by atoms with van der Waals surface area (Å²) < 4.78 is 10.9. The molecule has 120 valence electrons. The fourth-order valence-corrected chi connectivity index (χ4v) is 2.53. The largest absolute Gasteiger partial charge is 0.497 e. The lowest BCUT2D eigenvalue weighted by Gasteiger charge is -2.15. The first-order valence-electron chi connectivity index (χ1n) is 8.13. The van der Waals surface area contributed by atoms with Crippen molar-refractivity contribution in [1.29, 1.82) is 0 Å². The highest BCUT2D eigenvalue weighted by atomic mass is 16.5. The van der Waals surface area contributed by atoms with E-state index in [1.807, 2.05) is 18.2 Å². The van der Waals surface area contributed by atoms with E-state index < -0.39 is 0 Å². The second kappa shape index (κ2) is 7.49. The van der Waals surface area contributed by atoms with E-state index >= 15 is 0 Å². The Balaban J connectivity index is 1.56. The van der Waals surface area contributed by atoms with Crippen molar-refractivity contribution >= 4 is 5.96 Å². The van der Waals surface area contributed by atoms with E-state index in [4.69, 9.17) is 14.5 Å². The van der Waals surface area contributed by atoms with Crippen molar-refractivity contribution in [2.45, 2.75) is 44.4 Å². The van der Waals surface area contributed by atoms with Gasteiger partial charge in [0.25, 0.3) is 0 Å². The van der Waals surface area contributed by atoms with Crippen LogP contribution in [0.25, 0.3) is 0 Å². The van der Waals surface area contributed by atoms with Crippen LogP contribution in [-0.4, -0.2) is 38.4 Å². The Morgan fingerprint density at radius 1 is 1.36 bits per heavy atom. The molecule has 5 heteroatoms. The van der Waals surface area contributed by atoms with Gasteiger partial charge in [-0.3, -0.25) is 0 Å². The summed E-state index contributed by atoms with van der Waals surface area (Å²) in [5, 5.41) is 6.88. The zero-order chi connectivity index (χ0) is 15.2. The van der Waals surface area contributed by atoms with Crippen LogP contribution in [0.4, 0.5) is 0 Å². The van der Waals surface area contributed by atoms with E-state index in [9.17, 15) is 0 Å². The van der Waals surface area contributed by atoms with Crippen LogP contribution >= 0.6 is 0 Å². The van der Waals surface area contributed by atoms with Crippen LogP contribution in [0.15, 0.2) is 29.3 Å². The first-order valence-corrected chi connectivity index (χ1v) is 8.13. The molecule has 0 bridgehead atoms. The second-order valence-electron chi connectivity index (χ2n) is 5.95. The first kappa shape index (κ1) is 15.2. The minimum absolute atomic E-state index is 0.322. The van der Waals surface area contributed by atoms with Crippen molar-refractivity contribution in [3.8, 4) is 5.75 Å². The molecule has 0 aromatic heterocycles. The third-order valence-corrected chi connectivity index (χ3v) is 3.99. The second-order valence-corrected chi connectivity index (χ2v) is 5.95. The van der Waals surface area contributed by atoms with Crippen molar-refractivity contribution in [1.82, 2.24) is 10.6 Å². The van der Waals surface area contributed by atoms with Gasteiger partial charge in [0, 0.05) is 19.2 Å². The number of guanidine groups is 1. The molecule has 0 unspecified atom stereocenters. The van der Waals surface area contributed by atoms with Gasteiger partial charge in [0.2, 0.25) is 0 Å². The molecule has 1 aromatic rings. The van der Waals surface area contributed by atoms with Crippen molar-refractivity contribution in [2.75, 3.05) is 20.3 Å². The summed E-state index contributed by atoms with van der Waals surface area (Å²) in [6, 6.07) is 8.63. The van der Waals surface area contributed by atoms with Crippen LogP contribution in [0.2, 0.25) is 0 Å². The van der Waals surface area contributed by atoms with E-state index in [2.05, 4.69) is 16.7 Å². The maximum atomic E-state index is 5.66. The van der Waals surface area contributed by atoms with Crippen molar-refractivity contribution in [3.05, 3.63) is 29.8 Å². The molecule has 5 nitrogen and oxygen atoms in total. The topological polar surface area (TPSA) is 54.9 Å². The SMILES string of the molecule is COc1cccc(CN=C(NC[C@@H]2CCCO2)NC2CC2)c1. The van der Waals surface area contributed by atoms with Crippen LogP contribution in [0.5, 0.6) is 5.75 Å². The van der Waals surface area contributed by atoms with Crippen LogP contribution in [-0.2, 0) is 11.3 Å². The zero-order valence-corrected chi connectivity index (χ0v) is 13.2. The fraction of sp³-hybridized carbons (Fsp3) is 0.588. The Hall–Kier alpha value is -1.75. The van der Waals surface area contributed by atoms with E-state index in [1.54, 1.807) is 7.11 Å². The number of methoxy groups -OCH3 is 1. The molecular weight excluding hydrogens is 278 g/mol. The molecule has 3 rings (SSSR count). The predicted molar refractivity (Wildman–Crippen MR) is 87.3 cm³/mol. The van der Waals surface area contributed by atoms with E-state index in [0.29, 0.717) is 18.7 Å². The number of hydrogen-bond acceptors (Lipinski definition) is 3. The lowest BCUT2D eigenvalue weighted by atomic mass is 10.2. The Labute approximate surface area is 132 Å². The Morgan fingerprint density at radius 2 is 2.27 bits per heavy atom. The number of nitrogens with one attached hydrogen (secondary N) is 2. The molecule has 1 aromatic carbocycles. The Morgan fingerprint density at radius 3 is 3.00 bits per heavy atom. The van der Waals surface area contributed by atoms with Gasteiger partial charge in [-0.05, 0) is 43.4 Å². The molecule has 2 N–H and O–H groups in total. The van der Waals surface area contributed by atoms with Gasteiger partial charge in [-0.15, -0.1) is 0 Å². The Kier molecular flexibility index (Phi) is 5.16. The van der Waals surface area contributed by atoms with Crippen molar-refractivity contribution in [3.63, 3.8) is 0 Å². The molecule has 1 heterocycles. The maximum absolute atomic E-state index is 5.66. The van der Waals surface area contributed by atoms with Gasteiger partial charge in [0.15, 0.2) is 5.96 Å². The molecule has 0 amide bonds. The monoisotopic (exact) mass is 303 g/mol. The average Bonchev–Trinajstić information content (AvgIpc) is 3.22. The van der Waals surface area contributed by atoms with Gasteiger partial charge >= 0.3 is 0 Å². The van der Waals surface area contributed by atoms with Crippen molar-refractivity contribution in [2.24, 2.45) is 4.99 Å². The van der Waals surface area contributed by atoms with Crippen molar-refractivity contribution < 1.29 is 9.47 Å². The van der Waals surface area contributed by atoms with Gasteiger partial charge in [-0.1, -0.05) is 12.1 Å². The molecule has 1 atom stereocenters. The molecule has 1 aliphatic heterocycles. The van der Waals surface area contributed by atoms with E-state index in [-0.39, 0.29) is 0 Å². The predicted octanol–water partition coefficient (Wildman–Crippen LogP) is 2.07. The highest BCUT2D eigenvalue weighted by molar-refractivity contribution is 5.80. The quantitative estimate of drug-likeness (QED) is 0.624. The summed E-state index contributed by atoms with van der Waals surface area (Å²) in [6.45, 7) is 2.36. The number of nitrogens with zero attached hydrogens (tertiary/aromatic N) is 1. The van der Waals surface area contributed by atoms with Crippen LogP contribution in [0, 0.1) is 0 Å². The number of rotatable bonds is 6. The molecular formula is C17H25N3O2. The highest BCUT2D eigenvalue weighted by Crippen LogP contribution is 2.19. The lowest BCUT2D eigenvalue weighted by Crippen LogP contribution is -2.42. The maximum Gasteiger partial charge on any atom is 0.191 e. The van der Waals surface area contributed by atoms with Crippen LogP contribution < -0.4 is 15.4 Å². The Bertz CT molecular complexity index is 508. The molecule has 1 saturated heterocycles. The molecule has 1 aliphatic carbocycles. The van der Waals surface area contributed by atoms with Gasteiger partial charge in [-0.25, -0.2) is 4.99 Å². The standard InChI is InChI=1S/C17H25N3O2/c1-21-15-5-2-4-13(10-15)11-18-17(20-14-7-8-14)19-12-16-6-3-9-22-16/h2,4-5,10,14,16H,3,6-9,11-12H2,1H3,(H2,18,19,20)/t16-/m0/s1. The minimum atomic E-state index is 0.322. The summed E-state index contributed by atoms with van der Waals surface area (Å²) in [7, 11) is 1.69. The number of aliphatic imine (C=N–C) groups is 1. The van der Waals surface area contributed by atoms with Crippen LogP contribution in [0.1, 0.15) is 31.2 Å². The summed E-state index contributed by atoms with van der Waals surface area (Å²) in [6.07, 6.45) is 5.10. The summed E-state index contributed by atoms with van der Waals surface area (Å²) in [5.41, 5.74) is 1.15. The molecule has 22 heavy (non-hydrogen) atoms. The number of hydrogen-bond donors (Lipinski definition) is 2. The number of benzene rings is 1. The molecule has 2 fully saturated rings. The van der Waals surface area contributed by atoms with E-state index in [1.165, 1.54) is 19.3 Å². The highest BCUT2D eigenvalue weighted by Gasteiger charge is 2.23. The minimum Gasteiger partial charge on any atom is -0.497 e.